The van der Waals surface area contributed by atoms with Crippen LogP contribution in [-0.2, 0) is 16.1 Å². The Kier molecular flexibility index (Phi) is 8.19. The maximum Gasteiger partial charge on any atom is 0.305 e. The number of amides is 2. The molecule has 7 nitrogen and oxygen atoms in total. The van der Waals surface area contributed by atoms with E-state index in [4.69, 9.17) is 33.3 Å². The number of rotatable bonds is 7. The van der Waals surface area contributed by atoms with Crippen molar-refractivity contribution < 1.29 is 19.5 Å². The average Bonchev–Trinajstić information content (AvgIpc) is 3.09. The van der Waals surface area contributed by atoms with Crippen LogP contribution < -0.4 is 5.32 Å². The minimum absolute atomic E-state index is 0.0594. The molecule has 38 heavy (non-hydrogen) atoms. The monoisotopic (exact) mass is 557 g/mol. The van der Waals surface area contributed by atoms with E-state index >= 15 is 0 Å². The number of benzene rings is 2. The molecular formula is C29H33Cl2N3O4. The van der Waals surface area contributed by atoms with Gasteiger partial charge >= 0.3 is 5.97 Å². The lowest BCUT2D eigenvalue weighted by Gasteiger charge is -2.44. The summed E-state index contributed by atoms with van der Waals surface area (Å²) >= 11 is 12.5. The van der Waals surface area contributed by atoms with E-state index in [9.17, 15) is 14.4 Å². The molecule has 1 heterocycles. The largest absolute Gasteiger partial charge is 0.481 e. The fourth-order valence-corrected chi connectivity index (χ4v) is 5.91. The van der Waals surface area contributed by atoms with Gasteiger partial charge in [0.2, 0.25) is 0 Å². The summed E-state index contributed by atoms with van der Waals surface area (Å²) < 4.78 is 0. The first-order chi connectivity index (χ1) is 17.9. The number of aliphatic imine (C=N–C) groups is 1. The summed E-state index contributed by atoms with van der Waals surface area (Å²) in [6, 6.07) is 12.1. The SMILES string of the molecule is CC(C)(C)C1CCC2(CC1)N=C(c1cc(Cl)cc(Cl)c1)C(=O)N2Cc1ccc(C(=O)NCCC(=O)O)cc1. The average molecular weight is 559 g/mol. The van der Waals surface area contributed by atoms with Gasteiger partial charge in [-0.25, -0.2) is 0 Å². The summed E-state index contributed by atoms with van der Waals surface area (Å²) in [7, 11) is 0. The van der Waals surface area contributed by atoms with Crippen molar-refractivity contribution in [3.05, 3.63) is 69.2 Å². The van der Waals surface area contributed by atoms with Crippen molar-refractivity contribution in [2.75, 3.05) is 6.54 Å². The normalized spacial score (nSPS) is 21.5. The van der Waals surface area contributed by atoms with Crippen molar-refractivity contribution in [3.63, 3.8) is 0 Å². The van der Waals surface area contributed by atoms with Gasteiger partial charge in [-0.1, -0.05) is 56.1 Å². The Morgan fingerprint density at radius 3 is 2.24 bits per heavy atom. The maximum absolute atomic E-state index is 13.8. The van der Waals surface area contributed by atoms with E-state index in [0.717, 1.165) is 31.2 Å². The molecule has 0 bridgehead atoms. The molecule has 4 rings (SSSR count). The smallest absolute Gasteiger partial charge is 0.305 e. The third kappa shape index (κ3) is 6.21. The predicted octanol–water partition coefficient (Wildman–Crippen LogP) is 5.96. The summed E-state index contributed by atoms with van der Waals surface area (Å²) in [5.74, 6) is -0.921. The molecule has 2 aliphatic rings. The van der Waals surface area contributed by atoms with Gasteiger partial charge in [-0.15, -0.1) is 0 Å². The fourth-order valence-electron chi connectivity index (χ4n) is 5.39. The summed E-state index contributed by atoms with van der Waals surface area (Å²) in [5.41, 5.74) is 1.83. The van der Waals surface area contributed by atoms with E-state index < -0.39 is 11.6 Å². The van der Waals surface area contributed by atoms with Gasteiger partial charge in [-0.05, 0) is 72.9 Å². The zero-order valence-corrected chi connectivity index (χ0v) is 23.4. The molecule has 1 fully saturated rings. The first kappa shape index (κ1) is 28.1. The van der Waals surface area contributed by atoms with Crippen LogP contribution in [0, 0.1) is 11.3 Å². The topological polar surface area (TPSA) is 99.1 Å². The molecule has 202 valence electrons. The predicted molar refractivity (Wildman–Crippen MR) is 149 cm³/mol. The van der Waals surface area contributed by atoms with Gasteiger partial charge in [0.25, 0.3) is 11.8 Å². The lowest BCUT2D eigenvalue weighted by molar-refractivity contribution is -0.136. The highest BCUT2D eigenvalue weighted by Gasteiger charge is 2.50. The quantitative estimate of drug-likeness (QED) is 0.438. The third-order valence-corrected chi connectivity index (χ3v) is 8.03. The van der Waals surface area contributed by atoms with Crippen LogP contribution in [0.2, 0.25) is 10.0 Å². The maximum atomic E-state index is 13.8. The minimum atomic E-state index is -0.969. The molecule has 0 aromatic heterocycles. The fraction of sp³-hybridized carbons (Fsp3) is 0.448. The van der Waals surface area contributed by atoms with Gasteiger partial charge in [-0.2, -0.15) is 0 Å². The van der Waals surface area contributed by atoms with E-state index in [-0.39, 0.29) is 30.2 Å². The lowest BCUT2D eigenvalue weighted by Crippen LogP contribution is -2.49. The van der Waals surface area contributed by atoms with E-state index in [2.05, 4.69) is 26.1 Å². The van der Waals surface area contributed by atoms with Gasteiger partial charge < -0.3 is 15.3 Å². The van der Waals surface area contributed by atoms with Gasteiger partial charge in [-0.3, -0.25) is 19.4 Å². The number of carbonyl (C=O) groups is 3. The summed E-state index contributed by atoms with van der Waals surface area (Å²) in [5, 5.41) is 12.3. The molecule has 2 amide bonds. The van der Waals surface area contributed by atoms with Gasteiger partial charge in [0.15, 0.2) is 0 Å². The summed E-state index contributed by atoms with van der Waals surface area (Å²) in [4.78, 5) is 43.8. The molecule has 1 aliphatic carbocycles. The van der Waals surface area contributed by atoms with Crippen LogP contribution >= 0.6 is 23.2 Å². The number of halogens is 2. The second-order valence-corrected chi connectivity index (χ2v) is 12.1. The molecular weight excluding hydrogens is 525 g/mol. The minimum Gasteiger partial charge on any atom is -0.481 e. The van der Waals surface area contributed by atoms with E-state index in [1.165, 1.54) is 0 Å². The first-order valence-corrected chi connectivity index (χ1v) is 13.6. The van der Waals surface area contributed by atoms with Crippen molar-refractivity contribution in [2.45, 2.75) is 65.1 Å². The number of nitrogens with one attached hydrogen (secondary N) is 1. The van der Waals surface area contributed by atoms with Crippen molar-refractivity contribution in [1.29, 1.82) is 0 Å². The number of aliphatic carboxylic acids is 1. The molecule has 0 unspecified atom stereocenters. The Balaban J connectivity index is 1.58. The lowest BCUT2D eigenvalue weighted by atomic mass is 9.69. The van der Waals surface area contributed by atoms with Crippen molar-refractivity contribution in [2.24, 2.45) is 16.3 Å². The highest BCUT2D eigenvalue weighted by Crippen LogP contribution is 2.47. The second kappa shape index (κ2) is 11.1. The van der Waals surface area contributed by atoms with Crippen LogP contribution in [0.1, 0.15) is 74.4 Å². The van der Waals surface area contributed by atoms with Crippen LogP contribution in [0.5, 0.6) is 0 Å². The molecule has 0 radical (unpaired) electrons. The molecule has 2 aromatic rings. The molecule has 2 aromatic carbocycles. The van der Waals surface area contributed by atoms with Gasteiger partial charge in [0.1, 0.15) is 11.4 Å². The number of carboxylic acids is 1. The number of carboxylic acid groups (broad SMARTS) is 1. The number of nitrogens with zero attached hydrogens (tertiary/aromatic N) is 2. The van der Waals surface area contributed by atoms with E-state index in [0.29, 0.717) is 39.3 Å². The van der Waals surface area contributed by atoms with Crippen LogP contribution in [0.25, 0.3) is 0 Å². The Labute approximate surface area is 233 Å². The second-order valence-electron chi connectivity index (χ2n) is 11.2. The number of carbonyl (C=O) groups excluding carboxylic acids is 2. The molecule has 9 heteroatoms. The van der Waals surface area contributed by atoms with Crippen LogP contribution in [-0.4, -0.2) is 45.7 Å². The van der Waals surface area contributed by atoms with E-state index in [1.54, 1.807) is 30.3 Å². The van der Waals surface area contributed by atoms with Crippen LogP contribution in [0.4, 0.5) is 0 Å². The Bertz CT molecular complexity index is 1240. The third-order valence-electron chi connectivity index (χ3n) is 7.60. The number of hydrogen-bond acceptors (Lipinski definition) is 4. The molecule has 0 saturated heterocycles. The molecule has 1 saturated carbocycles. The summed E-state index contributed by atoms with van der Waals surface area (Å²) in [6.45, 7) is 7.19. The Hall–Kier alpha value is -2.90. The van der Waals surface area contributed by atoms with Crippen molar-refractivity contribution in [3.8, 4) is 0 Å². The molecule has 1 aliphatic heterocycles. The van der Waals surface area contributed by atoms with Crippen LogP contribution in [0.3, 0.4) is 0 Å². The van der Waals surface area contributed by atoms with Crippen LogP contribution in [0.15, 0.2) is 47.5 Å². The van der Waals surface area contributed by atoms with Gasteiger partial charge in [0, 0.05) is 34.3 Å². The van der Waals surface area contributed by atoms with Crippen molar-refractivity contribution in [1.82, 2.24) is 10.2 Å². The standard InChI is InChI=1S/C29H33Cl2N3O4/c1-28(2,3)21-8-11-29(12-9-21)33-25(20-14-22(30)16-23(31)15-20)27(38)34(29)17-18-4-6-19(7-5-18)26(37)32-13-10-24(35)36/h4-7,14-16,21H,8-13,17H2,1-3H3,(H,32,37)(H,35,36). The molecule has 0 atom stereocenters. The van der Waals surface area contributed by atoms with Crippen molar-refractivity contribution >= 4 is 46.7 Å². The molecule has 1 spiro atoms. The summed E-state index contributed by atoms with van der Waals surface area (Å²) in [6.07, 6.45) is 3.33. The zero-order chi connectivity index (χ0) is 27.7. The Morgan fingerprint density at radius 1 is 1.08 bits per heavy atom. The zero-order valence-electron chi connectivity index (χ0n) is 21.9. The van der Waals surface area contributed by atoms with Gasteiger partial charge in [0.05, 0.1) is 6.42 Å². The highest BCUT2D eigenvalue weighted by molar-refractivity contribution is 6.47. The van der Waals surface area contributed by atoms with E-state index in [1.807, 2.05) is 17.0 Å². The highest BCUT2D eigenvalue weighted by atomic mass is 35.5. The number of hydrogen-bond donors (Lipinski definition) is 2. The first-order valence-electron chi connectivity index (χ1n) is 12.9. The molecule has 2 N–H and O–H groups in total. The Morgan fingerprint density at radius 2 is 1.68 bits per heavy atom.